The number of alkyl halides is 3. The Morgan fingerprint density at radius 2 is 2.09 bits per heavy atom. The number of hydrogen-bond donors (Lipinski definition) is 2. The minimum absolute atomic E-state index is 0.00366. The van der Waals surface area contributed by atoms with E-state index in [0.29, 0.717) is 18.8 Å². The summed E-state index contributed by atoms with van der Waals surface area (Å²) in [5, 5.41) is 13.2. The number of nitrogens with zero attached hydrogens (tertiary/aromatic N) is 3. The van der Waals surface area contributed by atoms with Crippen molar-refractivity contribution < 1.29 is 37.0 Å². The lowest BCUT2D eigenvalue weighted by Crippen LogP contribution is -2.24. The van der Waals surface area contributed by atoms with Gasteiger partial charge in [0.1, 0.15) is 5.82 Å². The van der Waals surface area contributed by atoms with Crippen molar-refractivity contribution in [2.45, 2.75) is 12.8 Å². The Labute approximate surface area is 204 Å². The predicted molar refractivity (Wildman–Crippen MR) is 119 cm³/mol. The number of halogens is 5. The van der Waals surface area contributed by atoms with Gasteiger partial charge in [-0.2, -0.15) is 0 Å². The van der Waals surface area contributed by atoms with Crippen molar-refractivity contribution in [3.05, 3.63) is 52.2 Å². The molecule has 8 nitrogen and oxygen atoms in total. The Morgan fingerprint density at radius 1 is 1.31 bits per heavy atom. The zero-order valence-corrected chi connectivity index (χ0v) is 19.0. The lowest BCUT2D eigenvalue weighted by atomic mass is 10.1. The van der Waals surface area contributed by atoms with Gasteiger partial charge in [0.2, 0.25) is 0 Å². The van der Waals surface area contributed by atoms with Crippen molar-refractivity contribution in [3.63, 3.8) is 0 Å². The summed E-state index contributed by atoms with van der Waals surface area (Å²) in [7, 11) is 0. The number of pyridine rings is 1. The maximum atomic E-state index is 14.5. The Bertz CT molecular complexity index is 1290. The molecule has 0 aliphatic carbocycles. The third kappa shape index (κ3) is 5.62. The summed E-state index contributed by atoms with van der Waals surface area (Å²) < 4.78 is 55.6. The molecule has 1 amide bonds. The molecule has 14 heteroatoms. The van der Waals surface area contributed by atoms with E-state index in [0.717, 1.165) is 17.4 Å². The summed E-state index contributed by atoms with van der Waals surface area (Å²) in [6.45, 7) is 0.712. The maximum absolute atomic E-state index is 14.5. The highest BCUT2D eigenvalue weighted by atomic mass is 35.5. The van der Waals surface area contributed by atoms with E-state index < -0.39 is 35.7 Å². The van der Waals surface area contributed by atoms with E-state index in [2.05, 4.69) is 20.0 Å². The molecule has 1 aromatic carbocycles. The Morgan fingerprint density at radius 3 is 2.74 bits per heavy atom. The van der Waals surface area contributed by atoms with Crippen LogP contribution in [-0.2, 0) is 4.79 Å². The summed E-state index contributed by atoms with van der Waals surface area (Å²) in [6.07, 6.45) is -3.33. The maximum Gasteiger partial charge on any atom is 0.573 e. The second-order valence-corrected chi connectivity index (χ2v) is 8.72. The normalized spacial score (nSPS) is 15.8. The van der Waals surface area contributed by atoms with Gasteiger partial charge < -0.3 is 14.7 Å². The van der Waals surface area contributed by atoms with E-state index in [4.69, 9.17) is 16.7 Å². The number of amides is 1. The van der Waals surface area contributed by atoms with E-state index >= 15 is 0 Å². The van der Waals surface area contributed by atoms with Gasteiger partial charge in [-0.05, 0) is 24.6 Å². The number of carbonyl (C=O) groups excluding carboxylic acids is 1. The third-order valence-electron chi connectivity index (χ3n) is 5.11. The lowest BCUT2D eigenvalue weighted by Gasteiger charge is -2.18. The number of carboxylic acid groups (broad SMARTS) is 1. The second kappa shape index (κ2) is 9.66. The molecule has 1 saturated heterocycles. The molecule has 2 N–H and O–H groups in total. The molecule has 1 unspecified atom stereocenters. The van der Waals surface area contributed by atoms with Gasteiger partial charge in [-0.1, -0.05) is 17.7 Å². The van der Waals surface area contributed by atoms with E-state index in [1.54, 1.807) is 4.90 Å². The number of anilines is 2. The Hall–Kier alpha value is -3.45. The van der Waals surface area contributed by atoms with Gasteiger partial charge in [0.05, 0.1) is 22.2 Å². The standard InChI is InChI=1S/C21H15ClF4N4O4S/c22-13-6-11(7-27-17(13)30-5-4-10(8-30)19(32)33)18(31)29-20-28-14(9-35-20)12-2-1-3-15(16(12)23)34-21(24,25)26/h1-3,6-7,9-10H,4-5,8H2,(H,32,33)(H,28,29,31). The first-order valence-electron chi connectivity index (χ1n) is 9.96. The van der Waals surface area contributed by atoms with Crippen molar-refractivity contribution in [1.82, 2.24) is 9.97 Å². The van der Waals surface area contributed by atoms with Crippen LogP contribution in [0.2, 0.25) is 5.02 Å². The zero-order valence-electron chi connectivity index (χ0n) is 17.5. The number of benzene rings is 1. The quantitative estimate of drug-likeness (QED) is 0.429. The molecule has 0 radical (unpaired) electrons. The molecule has 1 aliphatic heterocycles. The first kappa shape index (κ1) is 24.7. The van der Waals surface area contributed by atoms with Crippen LogP contribution in [-0.4, -0.2) is 46.4 Å². The first-order chi connectivity index (χ1) is 16.5. The molecule has 3 aromatic rings. The molecule has 1 atom stereocenters. The lowest BCUT2D eigenvalue weighted by molar-refractivity contribution is -0.275. The van der Waals surface area contributed by atoms with Crippen LogP contribution < -0.4 is 15.0 Å². The van der Waals surface area contributed by atoms with E-state index in [-0.39, 0.29) is 33.5 Å². The van der Waals surface area contributed by atoms with E-state index in [1.807, 2.05) is 0 Å². The van der Waals surface area contributed by atoms with Gasteiger partial charge in [0, 0.05) is 30.2 Å². The van der Waals surface area contributed by atoms with Crippen LogP contribution in [0.3, 0.4) is 0 Å². The molecule has 1 fully saturated rings. The number of carbonyl (C=O) groups is 2. The molecule has 0 spiro atoms. The van der Waals surface area contributed by atoms with Crippen molar-refractivity contribution in [2.75, 3.05) is 23.3 Å². The molecule has 184 valence electrons. The van der Waals surface area contributed by atoms with Gasteiger partial charge in [-0.3, -0.25) is 14.9 Å². The smallest absolute Gasteiger partial charge is 0.481 e. The number of rotatable bonds is 6. The van der Waals surface area contributed by atoms with Crippen molar-refractivity contribution in [3.8, 4) is 17.0 Å². The number of nitrogens with one attached hydrogen (secondary N) is 1. The highest BCUT2D eigenvalue weighted by Gasteiger charge is 2.33. The molecular formula is C21H15ClF4N4O4S. The van der Waals surface area contributed by atoms with Gasteiger partial charge in [-0.25, -0.2) is 14.4 Å². The van der Waals surface area contributed by atoms with E-state index in [9.17, 15) is 27.2 Å². The van der Waals surface area contributed by atoms with Gasteiger partial charge in [0.15, 0.2) is 16.7 Å². The third-order valence-corrected chi connectivity index (χ3v) is 6.15. The molecule has 0 bridgehead atoms. The highest BCUT2D eigenvalue weighted by Crippen LogP contribution is 2.34. The predicted octanol–water partition coefficient (Wildman–Crippen LogP) is 5.06. The van der Waals surface area contributed by atoms with Crippen molar-refractivity contribution in [2.24, 2.45) is 5.92 Å². The molecule has 35 heavy (non-hydrogen) atoms. The molecular weight excluding hydrogens is 516 g/mol. The summed E-state index contributed by atoms with van der Waals surface area (Å²) in [4.78, 5) is 33.7. The zero-order chi connectivity index (χ0) is 25.3. The molecule has 1 aliphatic rings. The number of aliphatic carboxylic acids is 1. The fourth-order valence-electron chi connectivity index (χ4n) is 3.48. The summed E-state index contributed by atoms with van der Waals surface area (Å²) >= 11 is 7.20. The first-order valence-corrected chi connectivity index (χ1v) is 11.2. The van der Waals surface area contributed by atoms with Crippen LogP contribution in [0.15, 0.2) is 35.8 Å². The minimum Gasteiger partial charge on any atom is -0.481 e. The van der Waals surface area contributed by atoms with Crippen LogP contribution in [0.4, 0.5) is 28.5 Å². The van der Waals surface area contributed by atoms with Crippen LogP contribution in [0, 0.1) is 11.7 Å². The topological polar surface area (TPSA) is 105 Å². The number of aromatic nitrogens is 2. The monoisotopic (exact) mass is 530 g/mol. The molecule has 0 saturated carbocycles. The van der Waals surface area contributed by atoms with Crippen LogP contribution >= 0.6 is 22.9 Å². The average Bonchev–Trinajstić information content (AvgIpc) is 3.44. The Balaban J connectivity index is 1.47. The van der Waals surface area contributed by atoms with Crippen LogP contribution in [0.25, 0.3) is 11.3 Å². The van der Waals surface area contributed by atoms with Gasteiger partial charge in [0.25, 0.3) is 5.91 Å². The van der Waals surface area contributed by atoms with E-state index in [1.165, 1.54) is 29.8 Å². The summed E-state index contributed by atoms with van der Waals surface area (Å²) in [5.74, 6) is -3.93. The molecule has 4 rings (SSSR count). The number of hydrogen-bond acceptors (Lipinski definition) is 7. The average molecular weight is 531 g/mol. The number of ether oxygens (including phenoxy) is 1. The number of thiazole rings is 1. The van der Waals surface area contributed by atoms with Gasteiger partial charge in [-0.15, -0.1) is 24.5 Å². The fourth-order valence-corrected chi connectivity index (χ4v) is 4.47. The summed E-state index contributed by atoms with van der Waals surface area (Å²) in [5.41, 5.74) is -0.136. The largest absolute Gasteiger partial charge is 0.573 e. The molecule has 3 heterocycles. The van der Waals surface area contributed by atoms with Gasteiger partial charge >= 0.3 is 12.3 Å². The fraction of sp³-hybridized carbons (Fsp3) is 0.238. The summed E-state index contributed by atoms with van der Waals surface area (Å²) in [6, 6.07) is 4.63. The van der Waals surface area contributed by atoms with Crippen molar-refractivity contribution in [1.29, 1.82) is 0 Å². The van der Waals surface area contributed by atoms with Crippen molar-refractivity contribution >= 4 is 45.8 Å². The highest BCUT2D eigenvalue weighted by molar-refractivity contribution is 7.14. The molecule has 2 aromatic heterocycles. The SMILES string of the molecule is O=C(Nc1nc(-c2cccc(OC(F)(F)F)c2F)cs1)c1cnc(N2CCC(C(=O)O)C2)c(Cl)c1. The second-order valence-electron chi connectivity index (χ2n) is 7.46. The Kier molecular flexibility index (Phi) is 6.81. The van der Waals surface area contributed by atoms with Crippen LogP contribution in [0.5, 0.6) is 5.75 Å². The number of carboxylic acids is 1. The van der Waals surface area contributed by atoms with Crippen LogP contribution in [0.1, 0.15) is 16.8 Å². The minimum atomic E-state index is -5.06.